The van der Waals surface area contributed by atoms with Crippen LogP contribution in [0.3, 0.4) is 0 Å². The van der Waals surface area contributed by atoms with E-state index in [-0.39, 0.29) is 31.4 Å². The molecule has 2 fully saturated rings. The van der Waals surface area contributed by atoms with Crippen molar-refractivity contribution in [2.45, 2.75) is 52.0 Å². The standard InChI is InChI=1S/C25H34N6O3/c1-16(2)11-30-14-21-22(15-30)28-24(31-12-19-7-8-20(13-31)34-19)29-23(21)17-3-5-18(6-4-17)27-25(33)26-9-10-32/h3-6,16,19-20,32H,7-15H2,1-2H3,(H2,26,27,33). The van der Waals surface area contributed by atoms with Gasteiger partial charge in [-0.25, -0.2) is 14.8 Å². The van der Waals surface area contributed by atoms with E-state index < -0.39 is 0 Å². The Labute approximate surface area is 200 Å². The van der Waals surface area contributed by atoms with Crippen molar-refractivity contribution in [3.8, 4) is 11.3 Å². The Morgan fingerprint density at radius 1 is 1.15 bits per heavy atom. The molecule has 3 aliphatic rings. The molecule has 1 aromatic heterocycles. The summed E-state index contributed by atoms with van der Waals surface area (Å²) in [5, 5.41) is 14.3. The minimum atomic E-state index is -0.335. The van der Waals surface area contributed by atoms with E-state index in [1.54, 1.807) is 0 Å². The van der Waals surface area contributed by atoms with E-state index >= 15 is 0 Å². The highest BCUT2D eigenvalue weighted by Gasteiger charge is 2.36. The van der Waals surface area contributed by atoms with E-state index in [9.17, 15) is 4.79 Å². The van der Waals surface area contributed by atoms with E-state index in [1.807, 2.05) is 24.3 Å². The highest BCUT2D eigenvalue weighted by Crippen LogP contribution is 2.35. The average molecular weight is 467 g/mol. The number of rotatable bonds is 7. The first-order valence-corrected chi connectivity index (χ1v) is 12.3. The Bertz CT molecular complexity index is 1020. The predicted molar refractivity (Wildman–Crippen MR) is 131 cm³/mol. The van der Waals surface area contributed by atoms with Crippen LogP contribution in [0.15, 0.2) is 24.3 Å². The van der Waals surface area contributed by atoms with Crippen molar-refractivity contribution in [1.82, 2.24) is 20.2 Å². The molecule has 2 aromatic rings. The monoisotopic (exact) mass is 466 g/mol. The van der Waals surface area contributed by atoms with Crippen molar-refractivity contribution in [2.24, 2.45) is 5.92 Å². The largest absolute Gasteiger partial charge is 0.395 e. The summed E-state index contributed by atoms with van der Waals surface area (Å²) in [4.78, 5) is 26.8. The molecule has 2 atom stereocenters. The molecule has 1 aromatic carbocycles. The summed E-state index contributed by atoms with van der Waals surface area (Å²) in [6.07, 6.45) is 2.78. The minimum Gasteiger partial charge on any atom is -0.395 e. The van der Waals surface area contributed by atoms with Crippen molar-refractivity contribution in [3.05, 3.63) is 35.5 Å². The van der Waals surface area contributed by atoms with Gasteiger partial charge in [-0.15, -0.1) is 0 Å². The number of hydrogen-bond acceptors (Lipinski definition) is 7. The van der Waals surface area contributed by atoms with Gasteiger partial charge < -0.3 is 25.4 Å². The van der Waals surface area contributed by atoms with Crippen LogP contribution in [-0.2, 0) is 17.8 Å². The predicted octanol–water partition coefficient (Wildman–Crippen LogP) is 2.60. The molecule has 3 aliphatic heterocycles. The van der Waals surface area contributed by atoms with Gasteiger partial charge in [0.25, 0.3) is 0 Å². The molecule has 2 saturated heterocycles. The zero-order valence-corrected chi connectivity index (χ0v) is 20.0. The number of urea groups is 1. The molecule has 0 spiro atoms. The van der Waals surface area contributed by atoms with Crippen LogP contribution in [0, 0.1) is 5.92 Å². The SMILES string of the molecule is CC(C)CN1Cc2nc(N3CC4CCC(C3)O4)nc(-c3ccc(NC(=O)NCCO)cc3)c2C1. The van der Waals surface area contributed by atoms with Gasteiger partial charge in [-0.2, -0.15) is 0 Å². The molecule has 0 saturated carbocycles. The fraction of sp³-hybridized carbons (Fsp3) is 0.560. The zero-order chi connectivity index (χ0) is 23.7. The van der Waals surface area contributed by atoms with Crippen molar-refractivity contribution in [3.63, 3.8) is 0 Å². The molecule has 4 heterocycles. The number of hydrogen-bond donors (Lipinski definition) is 3. The molecule has 34 heavy (non-hydrogen) atoms. The molecular weight excluding hydrogens is 432 g/mol. The molecule has 0 aliphatic carbocycles. The number of nitrogens with one attached hydrogen (secondary N) is 2. The van der Waals surface area contributed by atoms with Crippen LogP contribution >= 0.6 is 0 Å². The quantitative estimate of drug-likeness (QED) is 0.576. The molecule has 2 amide bonds. The van der Waals surface area contributed by atoms with Gasteiger partial charge in [-0.05, 0) is 30.9 Å². The smallest absolute Gasteiger partial charge is 0.319 e. The van der Waals surface area contributed by atoms with Gasteiger partial charge in [0.1, 0.15) is 0 Å². The number of amides is 2. The number of ether oxygens (including phenoxy) is 1. The van der Waals surface area contributed by atoms with E-state index in [4.69, 9.17) is 19.8 Å². The van der Waals surface area contributed by atoms with Crippen molar-refractivity contribution in [1.29, 1.82) is 0 Å². The Hall–Kier alpha value is -2.75. The maximum absolute atomic E-state index is 11.9. The molecule has 0 radical (unpaired) electrons. The zero-order valence-electron chi connectivity index (χ0n) is 20.0. The van der Waals surface area contributed by atoms with Crippen LogP contribution in [0.5, 0.6) is 0 Å². The second kappa shape index (κ2) is 9.85. The van der Waals surface area contributed by atoms with Gasteiger partial charge in [0.2, 0.25) is 5.95 Å². The van der Waals surface area contributed by atoms with E-state index in [2.05, 4.69) is 34.3 Å². The molecule has 182 valence electrons. The number of benzene rings is 1. The lowest BCUT2D eigenvalue weighted by Crippen LogP contribution is -2.43. The molecule has 5 rings (SSSR count). The highest BCUT2D eigenvalue weighted by atomic mass is 16.5. The summed E-state index contributed by atoms with van der Waals surface area (Å²) in [6, 6.07) is 7.44. The Morgan fingerprint density at radius 2 is 1.88 bits per heavy atom. The number of carbonyl (C=O) groups is 1. The first-order chi connectivity index (χ1) is 16.5. The average Bonchev–Trinajstić information content (AvgIpc) is 3.38. The lowest BCUT2D eigenvalue weighted by molar-refractivity contribution is 0.0299. The third-order valence-electron chi connectivity index (χ3n) is 6.60. The third kappa shape index (κ3) is 5.01. The van der Waals surface area contributed by atoms with Crippen molar-refractivity contribution in [2.75, 3.05) is 43.0 Å². The van der Waals surface area contributed by atoms with Crippen LogP contribution in [0.25, 0.3) is 11.3 Å². The Morgan fingerprint density at radius 3 is 2.56 bits per heavy atom. The lowest BCUT2D eigenvalue weighted by Gasteiger charge is -2.32. The fourth-order valence-electron chi connectivity index (χ4n) is 5.17. The van der Waals surface area contributed by atoms with Gasteiger partial charge >= 0.3 is 6.03 Å². The van der Waals surface area contributed by atoms with Crippen molar-refractivity contribution < 1.29 is 14.6 Å². The topological polar surface area (TPSA) is 103 Å². The van der Waals surface area contributed by atoms with Gasteiger partial charge in [-0.1, -0.05) is 26.0 Å². The molecular formula is C25H34N6O3. The summed E-state index contributed by atoms with van der Waals surface area (Å²) in [5.41, 5.74) is 4.99. The van der Waals surface area contributed by atoms with Gasteiger partial charge in [0, 0.05) is 56.1 Å². The van der Waals surface area contributed by atoms with Crippen LogP contribution in [-0.4, -0.2) is 71.0 Å². The van der Waals surface area contributed by atoms with E-state index in [0.717, 1.165) is 68.5 Å². The van der Waals surface area contributed by atoms with Crippen molar-refractivity contribution >= 4 is 17.7 Å². The number of fused-ring (bicyclic) bond motifs is 3. The third-order valence-corrected chi connectivity index (χ3v) is 6.60. The Balaban J connectivity index is 1.42. The minimum absolute atomic E-state index is 0.0913. The number of nitrogens with zero attached hydrogens (tertiary/aromatic N) is 4. The lowest BCUT2D eigenvalue weighted by atomic mass is 10.1. The second-order valence-electron chi connectivity index (χ2n) is 9.91. The second-order valence-corrected chi connectivity index (χ2v) is 9.91. The number of aliphatic hydroxyl groups is 1. The maximum Gasteiger partial charge on any atom is 0.319 e. The number of anilines is 2. The summed E-state index contributed by atoms with van der Waals surface area (Å²) >= 11 is 0. The number of morpholine rings is 1. The normalized spacial score (nSPS) is 21.7. The summed E-state index contributed by atoms with van der Waals surface area (Å²) in [7, 11) is 0. The molecule has 9 nitrogen and oxygen atoms in total. The van der Waals surface area contributed by atoms with Crippen LogP contribution in [0.2, 0.25) is 0 Å². The number of aromatic nitrogens is 2. The van der Waals surface area contributed by atoms with Gasteiger partial charge in [-0.3, -0.25) is 4.90 Å². The first-order valence-electron chi connectivity index (χ1n) is 12.3. The fourth-order valence-corrected chi connectivity index (χ4v) is 5.17. The molecule has 2 bridgehead atoms. The van der Waals surface area contributed by atoms with E-state index in [1.165, 1.54) is 5.56 Å². The maximum atomic E-state index is 11.9. The summed E-state index contributed by atoms with van der Waals surface area (Å²) in [5.74, 6) is 1.38. The van der Waals surface area contributed by atoms with Crippen LogP contribution in [0.1, 0.15) is 37.9 Å². The Kier molecular flexibility index (Phi) is 6.67. The summed E-state index contributed by atoms with van der Waals surface area (Å²) in [6.45, 7) is 9.02. The highest BCUT2D eigenvalue weighted by molar-refractivity contribution is 5.89. The van der Waals surface area contributed by atoms with E-state index in [0.29, 0.717) is 11.6 Å². The summed E-state index contributed by atoms with van der Waals surface area (Å²) < 4.78 is 6.03. The van der Waals surface area contributed by atoms with Gasteiger partial charge in [0.05, 0.1) is 30.2 Å². The van der Waals surface area contributed by atoms with Crippen LogP contribution in [0.4, 0.5) is 16.4 Å². The first kappa shape index (κ1) is 23.0. The molecule has 3 N–H and O–H groups in total. The van der Waals surface area contributed by atoms with Crippen LogP contribution < -0.4 is 15.5 Å². The number of carbonyl (C=O) groups excluding carboxylic acids is 1. The van der Waals surface area contributed by atoms with Gasteiger partial charge in [0.15, 0.2) is 0 Å². The molecule has 2 unspecified atom stereocenters. The number of aliphatic hydroxyl groups excluding tert-OH is 1. The molecule has 9 heteroatoms.